The molecule has 30 heavy (non-hydrogen) atoms. The first-order valence-corrected chi connectivity index (χ1v) is 9.80. The Morgan fingerprint density at radius 1 is 1.20 bits per heavy atom. The van der Waals surface area contributed by atoms with Gasteiger partial charge in [-0.2, -0.15) is 13.2 Å². The van der Waals surface area contributed by atoms with Gasteiger partial charge in [-0.25, -0.2) is 13.5 Å². The molecule has 1 fully saturated rings. The number of hydrogen-bond donors (Lipinski definition) is 0. The lowest BCUT2D eigenvalue weighted by Crippen LogP contribution is -2.30. The number of pyridine rings is 1. The summed E-state index contributed by atoms with van der Waals surface area (Å²) in [5, 5.41) is 3.97. The van der Waals surface area contributed by atoms with Crippen LogP contribution in [-0.4, -0.2) is 27.8 Å². The van der Waals surface area contributed by atoms with Crippen LogP contribution in [0.5, 0.6) is 5.88 Å². The molecular weight excluding hydrogens is 409 g/mol. The van der Waals surface area contributed by atoms with E-state index in [1.807, 2.05) is 0 Å². The van der Waals surface area contributed by atoms with Crippen LogP contribution in [0.1, 0.15) is 61.3 Å². The maximum Gasteiger partial charge on any atom is 0.418 e. The van der Waals surface area contributed by atoms with E-state index in [2.05, 4.69) is 10.1 Å². The molecule has 10 heteroatoms. The van der Waals surface area contributed by atoms with E-state index in [9.17, 15) is 26.7 Å². The van der Waals surface area contributed by atoms with Gasteiger partial charge in [-0.1, -0.05) is 19.3 Å². The summed E-state index contributed by atoms with van der Waals surface area (Å²) in [6.45, 7) is -0.815. The van der Waals surface area contributed by atoms with Crippen LogP contribution in [0.3, 0.4) is 0 Å². The number of halogens is 5. The van der Waals surface area contributed by atoms with E-state index in [4.69, 9.17) is 4.74 Å². The van der Waals surface area contributed by atoms with Crippen LogP contribution in [0.4, 0.5) is 22.0 Å². The Balaban J connectivity index is 1.97. The van der Waals surface area contributed by atoms with Crippen LogP contribution >= 0.6 is 0 Å². The van der Waals surface area contributed by atoms with Crippen molar-refractivity contribution >= 4 is 0 Å². The van der Waals surface area contributed by atoms with Gasteiger partial charge in [-0.3, -0.25) is 9.78 Å². The van der Waals surface area contributed by atoms with E-state index >= 15 is 0 Å². The van der Waals surface area contributed by atoms with Crippen molar-refractivity contribution in [2.24, 2.45) is 0 Å². The van der Waals surface area contributed by atoms with Crippen LogP contribution in [0, 0.1) is 0 Å². The quantitative estimate of drug-likeness (QED) is 0.592. The number of rotatable bonds is 7. The molecule has 1 aliphatic rings. The predicted octanol–water partition coefficient (Wildman–Crippen LogP) is 4.79. The fourth-order valence-electron chi connectivity index (χ4n) is 3.64. The smallest absolute Gasteiger partial charge is 0.418 e. The molecule has 2 aromatic heterocycles. The summed E-state index contributed by atoms with van der Waals surface area (Å²) in [5.74, 6) is -0.121. The van der Waals surface area contributed by atoms with Gasteiger partial charge in [0, 0.05) is 24.2 Å². The molecule has 0 atom stereocenters. The van der Waals surface area contributed by atoms with E-state index in [0.717, 1.165) is 42.9 Å². The van der Waals surface area contributed by atoms with Crippen LogP contribution in [0.2, 0.25) is 0 Å². The van der Waals surface area contributed by atoms with Gasteiger partial charge < -0.3 is 4.74 Å². The normalized spacial score (nSPS) is 15.5. The lowest BCUT2D eigenvalue weighted by Gasteiger charge is -2.22. The van der Waals surface area contributed by atoms with E-state index in [1.54, 1.807) is 0 Å². The zero-order chi connectivity index (χ0) is 21.7. The summed E-state index contributed by atoms with van der Waals surface area (Å²) in [6.07, 6.45) is -2.03. The van der Waals surface area contributed by atoms with Crippen LogP contribution < -0.4 is 10.3 Å². The molecule has 0 aliphatic heterocycles. The molecular formula is C20H22F5N3O2. The van der Waals surface area contributed by atoms with E-state index < -0.39 is 36.7 Å². The van der Waals surface area contributed by atoms with E-state index in [0.29, 0.717) is 5.56 Å². The average Bonchev–Trinajstić information content (AvgIpc) is 2.70. The molecule has 2 aromatic rings. The minimum atomic E-state index is -4.63. The third-order valence-electron chi connectivity index (χ3n) is 5.11. The zero-order valence-electron chi connectivity index (χ0n) is 16.2. The molecule has 0 saturated heterocycles. The molecule has 0 radical (unpaired) electrons. The van der Waals surface area contributed by atoms with Gasteiger partial charge >= 0.3 is 6.18 Å². The Morgan fingerprint density at radius 3 is 2.60 bits per heavy atom. The van der Waals surface area contributed by atoms with Crippen LogP contribution in [0.25, 0.3) is 0 Å². The molecule has 0 spiro atoms. The van der Waals surface area contributed by atoms with Crippen LogP contribution in [-0.2, 0) is 12.7 Å². The highest BCUT2D eigenvalue weighted by Crippen LogP contribution is 2.33. The van der Waals surface area contributed by atoms with E-state index in [1.165, 1.54) is 18.3 Å². The Hall–Kier alpha value is -2.52. The Bertz CT molecular complexity index is 908. The second-order valence-corrected chi connectivity index (χ2v) is 7.26. The summed E-state index contributed by atoms with van der Waals surface area (Å²) >= 11 is 0. The number of ether oxygens (including phenoxy) is 1. The first-order chi connectivity index (χ1) is 14.3. The third kappa shape index (κ3) is 5.54. The fraction of sp³-hybridized carbons (Fsp3) is 0.550. The molecule has 0 bridgehead atoms. The lowest BCUT2D eigenvalue weighted by molar-refractivity contribution is -0.138. The standard InChI is InChI=1S/C20H22F5N3O2/c21-17(22)8-10-30-18-11-14(13-5-2-1-3-6-13)19(29)28(27-18)12-16-15(20(23,24)25)7-4-9-26-16/h4,7,9,11,13,17H,1-3,5-6,8,10,12H2. The van der Waals surface area contributed by atoms with Crippen LogP contribution in [0.15, 0.2) is 29.2 Å². The van der Waals surface area contributed by atoms with Crippen molar-refractivity contribution < 1.29 is 26.7 Å². The summed E-state index contributed by atoms with van der Waals surface area (Å²) in [6, 6.07) is 3.49. The summed E-state index contributed by atoms with van der Waals surface area (Å²) in [4.78, 5) is 16.8. The lowest BCUT2D eigenvalue weighted by atomic mass is 9.85. The predicted molar refractivity (Wildman–Crippen MR) is 98.8 cm³/mol. The number of alkyl halides is 5. The number of nitrogens with zero attached hydrogens (tertiary/aromatic N) is 3. The summed E-state index contributed by atoms with van der Waals surface area (Å²) in [5.41, 5.74) is -1.43. The minimum absolute atomic E-state index is 0.0553. The maximum atomic E-state index is 13.3. The zero-order valence-corrected chi connectivity index (χ0v) is 16.2. The fourth-order valence-corrected chi connectivity index (χ4v) is 3.64. The molecule has 1 saturated carbocycles. The molecule has 0 amide bonds. The largest absolute Gasteiger partial charge is 0.476 e. The maximum absolute atomic E-state index is 13.3. The minimum Gasteiger partial charge on any atom is -0.476 e. The van der Waals surface area contributed by atoms with Gasteiger partial charge in [0.05, 0.1) is 24.4 Å². The molecule has 2 heterocycles. The number of aromatic nitrogens is 3. The molecule has 3 rings (SSSR count). The molecule has 0 N–H and O–H groups in total. The van der Waals surface area contributed by atoms with Crippen molar-refractivity contribution in [3.05, 3.63) is 51.6 Å². The van der Waals surface area contributed by atoms with E-state index in [-0.39, 0.29) is 24.1 Å². The monoisotopic (exact) mass is 431 g/mol. The van der Waals surface area contributed by atoms with Crippen molar-refractivity contribution in [2.45, 2.75) is 63.6 Å². The summed E-state index contributed by atoms with van der Waals surface area (Å²) in [7, 11) is 0. The molecule has 0 unspecified atom stereocenters. The number of hydrogen-bond acceptors (Lipinski definition) is 4. The van der Waals surface area contributed by atoms with Crippen molar-refractivity contribution in [3.8, 4) is 5.88 Å². The Morgan fingerprint density at radius 2 is 1.93 bits per heavy atom. The van der Waals surface area contributed by atoms with Crippen molar-refractivity contribution in [1.82, 2.24) is 14.8 Å². The van der Waals surface area contributed by atoms with Gasteiger partial charge in [0.15, 0.2) is 0 Å². The highest BCUT2D eigenvalue weighted by Gasteiger charge is 2.34. The highest BCUT2D eigenvalue weighted by atomic mass is 19.4. The molecule has 0 aromatic carbocycles. The topological polar surface area (TPSA) is 57.0 Å². The molecule has 5 nitrogen and oxygen atoms in total. The molecule has 164 valence electrons. The van der Waals surface area contributed by atoms with Gasteiger partial charge in [0.2, 0.25) is 12.3 Å². The first-order valence-electron chi connectivity index (χ1n) is 9.80. The highest BCUT2D eigenvalue weighted by molar-refractivity contribution is 5.25. The van der Waals surface area contributed by atoms with Gasteiger partial charge in [-0.05, 0) is 30.9 Å². The van der Waals surface area contributed by atoms with Crippen molar-refractivity contribution in [1.29, 1.82) is 0 Å². The van der Waals surface area contributed by atoms with Crippen molar-refractivity contribution in [3.63, 3.8) is 0 Å². The van der Waals surface area contributed by atoms with Crippen molar-refractivity contribution in [2.75, 3.05) is 6.61 Å². The van der Waals surface area contributed by atoms with Gasteiger partial charge in [0.25, 0.3) is 5.56 Å². The second kappa shape index (κ2) is 9.53. The Labute approximate surface area is 169 Å². The Kier molecular flexibility index (Phi) is 7.04. The average molecular weight is 431 g/mol. The third-order valence-corrected chi connectivity index (χ3v) is 5.11. The summed E-state index contributed by atoms with van der Waals surface area (Å²) < 4.78 is 70.9. The van der Waals surface area contributed by atoms with Gasteiger partial charge in [-0.15, -0.1) is 5.10 Å². The second-order valence-electron chi connectivity index (χ2n) is 7.26. The SMILES string of the molecule is O=c1c(C2CCCCC2)cc(OCCC(F)F)nn1Cc1ncccc1C(F)(F)F. The van der Waals surface area contributed by atoms with Gasteiger partial charge in [0.1, 0.15) is 0 Å². The molecule has 1 aliphatic carbocycles. The first kappa shape index (κ1) is 22.2.